The summed E-state index contributed by atoms with van der Waals surface area (Å²) in [5, 5.41) is 1.05. The Bertz CT molecular complexity index is 998. The summed E-state index contributed by atoms with van der Waals surface area (Å²) < 4.78 is 0. The molecule has 1 atom stereocenters. The highest BCUT2D eigenvalue weighted by molar-refractivity contribution is 5.87. The zero-order chi connectivity index (χ0) is 19.5. The second-order valence-electron chi connectivity index (χ2n) is 7.32. The second kappa shape index (κ2) is 7.80. The number of carbonyl (C=O) groups is 2. The van der Waals surface area contributed by atoms with Crippen molar-refractivity contribution in [3.63, 3.8) is 0 Å². The molecule has 0 spiro atoms. The number of pyridine rings is 1. The number of amides is 2. The summed E-state index contributed by atoms with van der Waals surface area (Å²) in [6.07, 6.45) is 2.24. The van der Waals surface area contributed by atoms with Gasteiger partial charge < -0.3 is 9.80 Å². The molecule has 0 aliphatic carbocycles. The molecule has 0 saturated carbocycles. The lowest BCUT2D eigenvalue weighted by atomic mass is 9.99. The van der Waals surface area contributed by atoms with E-state index in [1.54, 1.807) is 23.0 Å². The van der Waals surface area contributed by atoms with Crippen LogP contribution in [0.5, 0.6) is 0 Å². The van der Waals surface area contributed by atoms with Gasteiger partial charge in [0.1, 0.15) is 0 Å². The summed E-state index contributed by atoms with van der Waals surface area (Å²) in [6.45, 7) is 1.22. The highest BCUT2D eigenvalue weighted by Gasteiger charge is 2.32. The first-order valence-electron chi connectivity index (χ1n) is 9.51. The lowest BCUT2D eigenvalue weighted by Gasteiger charge is -2.22. The first-order chi connectivity index (χ1) is 13.6. The maximum Gasteiger partial charge on any atom is 0.242 e. The molecule has 1 fully saturated rings. The third kappa shape index (κ3) is 3.74. The molecule has 2 amide bonds. The number of aromatic nitrogens is 1. The Kier molecular flexibility index (Phi) is 5.06. The van der Waals surface area contributed by atoms with E-state index in [2.05, 4.69) is 4.98 Å². The van der Waals surface area contributed by atoms with Gasteiger partial charge in [-0.15, -0.1) is 0 Å². The summed E-state index contributed by atoms with van der Waals surface area (Å²) >= 11 is 0. The van der Waals surface area contributed by atoms with Gasteiger partial charge in [-0.25, -0.2) is 0 Å². The fourth-order valence-electron chi connectivity index (χ4n) is 3.81. The second-order valence-corrected chi connectivity index (χ2v) is 7.32. The van der Waals surface area contributed by atoms with E-state index in [0.717, 1.165) is 22.0 Å². The number of likely N-dealkylation sites (N-methyl/N-ethyl adjacent to an activating group) is 1. The van der Waals surface area contributed by atoms with Gasteiger partial charge in [0.2, 0.25) is 11.8 Å². The van der Waals surface area contributed by atoms with Crippen LogP contribution in [0.25, 0.3) is 10.9 Å². The number of rotatable bonds is 5. The number of benzene rings is 2. The minimum atomic E-state index is -0.0528. The van der Waals surface area contributed by atoms with Crippen molar-refractivity contribution in [3.05, 3.63) is 78.0 Å². The molecule has 4 rings (SSSR count). The minimum Gasteiger partial charge on any atom is -0.340 e. The van der Waals surface area contributed by atoms with Gasteiger partial charge in [0.15, 0.2) is 0 Å². The monoisotopic (exact) mass is 373 g/mol. The van der Waals surface area contributed by atoms with Crippen LogP contribution in [0, 0.1) is 0 Å². The van der Waals surface area contributed by atoms with Crippen LogP contribution >= 0.6 is 0 Å². The van der Waals surface area contributed by atoms with Gasteiger partial charge in [0.25, 0.3) is 0 Å². The first kappa shape index (κ1) is 18.2. The van der Waals surface area contributed by atoms with Crippen LogP contribution < -0.4 is 0 Å². The molecule has 5 nitrogen and oxygen atoms in total. The maximum absolute atomic E-state index is 12.7. The van der Waals surface area contributed by atoms with Crippen LogP contribution in [0.4, 0.5) is 0 Å². The number of hydrogen-bond donors (Lipinski definition) is 0. The van der Waals surface area contributed by atoms with Gasteiger partial charge in [-0.3, -0.25) is 14.6 Å². The highest BCUT2D eigenvalue weighted by Crippen LogP contribution is 2.28. The standard InChI is InChI=1S/C23H23N3O2/c1-25(14-18-9-5-11-21-20(18)10-6-12-24-21)23(28)16-26-15-19(13-22(26)27)17-7-3-2-4-8-17/h2-12,19H,13-16H2,1H3/t19-/m0/s1. The fourth-order valence-corrected chi connectivity index (χ4v) is 3.81. The first-order valence-corrected chi connectivity index (χ1v) is 9.51. The summed E-state index contributed by atoms with van der Waals surface area (Å²) in [5.41, 5.74) is 3.13. The Morgan fingerprint density at radius 1 is 1.11 bits per heavy atom. The van der Waals surface area contributed by atoms with E-state index in [1.165, 1.54) is 0 Å². The SMILES string of the molecule is CN(Cc1cccc2ncccc12)C(=O)CN1C[C@@H](c2ccccc2)CC1=O. The lowest BCUT2D eigenvalue weighted by molar-refractivity contribution is -0.137. The van der Waals surface area contributed by atoms with Crippen molar-refractivity contribution in [1.29, 1.82) is 0 Å². The zero-order valence-electron chi connectivity index (χ0n) is 15.9. The highest BCUT2D eigenvalue weighted by atomic mass is 16.2. The molecule has 0 N–H and O–H groups in total. The van der Waals surface area contributed by atoms with Crippen molar-refractivity contribution in [3.8, 4) is 0 Å². The molecule has 2 heterocycles. The van der Waals surface area contributed by atoms with Crippen molar-refractivity contribution in [1.82, 2.24) is 14.8 Å². The molecular formula is C23H23N3O2. The van der Waals surface area contributed by atoms with Crippen molar-refractivity contribution in [2.75, 3.05) is 20.1 Å². The molecule has 1 aromatic heterocycles. The molecule has 28 heavy (non-hydrogen) atoms. The van der Waals surface area contributed by atoms with Gasteiger partial charge in [-0.05, 0) is 23.3 Å². The van der Waals surface area contributed by atoms with Crippen molar-refractivity contribution in [2.45, 2.75) is 18.9 Å². The molecule has 1 aliphatic rings. The Labute approximate surface area is 164 Å². The van der Waals surface area contributed by atoms with Gasteiger partial charge in [0, 0.05) is 44.1 Å². The van der Waals surface area contributed by atoms with Crippen molar-refractivity contribution >= 4 is 22.7 Å². The molecule has 142 valence electrons. The Hall–Kier alpha value is -3.21. The van der Waals surface area contributed by atoms with Gasteiger partial charge in [-0.1, -0.05) is 48.5 Å². The average Bonchev–Trinajstić information content (AvgIpc) is 3.09. The predicted octanol–water partition coefficient (Wildman–Crippen LogP) is 3.21. The van der Waals surface area contributed by atoms with E-state index in [0.29, 0.717) is 19.5 Å². The fraction of sp³-hybridized carbons (Fsp3) is 0.261. The van der Waals surface area contributed by atoms with Crippen LogP contribution in [0.1, 0.15) is 23.5 Å². The summed E-state index contributed by atoms with van der Waals surface area (Å²) in [7, 11) is 1.78. The largest absolute Gasteiger partial charge is 0.340 e. The minimum absolute atomic E-state index is 0.0463. The maximum atomic E-state index is 12.7. The van der Waals surface area contributed by atoms with Crippen LogP contribution in [-0.2, 0) is 16.1 Å². The third-order valence-electron chi connectivity index (χ3n) is 5.38. The molecule has 2 aromatic carbocycles. The molecule has 0 unspecified atom stereocenters. The third-order valence-corrected chi connectivity index (χ3v) is 5.38. The molecular weight excluding hydrogens is 350 g/mol. The zero-order valence-corrected chi connectivity index (χ0v) is 15.9. The van der Waals surface area contributed by atoms with Crippen molar-refractivity contribution < 1.29 is 9.59 Å². The summed E-state index contributed by atoms with van der Waals surface area (Å²) in [6, 6.07) is 19.9. The van der Waals surface area contributed by atoms with E-state index in [9.17, 15) is 9.59 Å². The smallest absolute Gasteiger partial charge is 0.242 e. The van der Waals surface area contributed by atoms with Crippen LogP contribution in [0.3, 0.4) is 0 Å². The Morgan fingerprint density at radius 3 is 2.75 bits per heavy atom. The average molecular weight is 373 g/mol. The van der Waals surface area contributed by atoms with Crippen molar-refractivity contribution in [2.24, 2.45) is 0 Å². The molecule has 0 radical (unpaired) electrons. The van der Waals surface area contributed by atoms with Crippen LogP contribution in [-0.4, -0.2) is 46.7 Å². The number of nitrogens with zero attached hydrogens (tertiary/aromatic N) is 3. The number of fused-ring (bicyclic) bond motifs is 1. The van der Waals surface area contributed by atoms with Gasteiger partial charge >= 0.3 is 0 Å². The number of likely N-dealkylation sites (tertiary alicyclic amines) is 1. The molecule has 1 saturated heterocycles. The summed E-state index contributed by atoms with van der Waals surface area (Å²) in [4.78, 5) is 32.9. The van der Waals surface area contributed by atoms with E-state index in [1.807, 2.05) is 60.7 Å². The van der Waals surface area contributed by atoms with E-state index in [-0.39, 0.29) is 24.3 Å². The van der Waals surface area contributed by atoms with Gasteiger partial charge in [-0.2, -0.15) is 0 Å². The Balaban J connectivity index is 1.41. The number of carbonyl (C=O) groups excluding carboxylic acids is 2. The Morgan fingerprint density at radius 2 is 1.93 bits per heavy atom. The van der Waals surface area contributed by atoms with Crippen LogP contribution in [0.15, 0.2) is 66.9 Å². The lowest BCUT2D eigenvalue weighted by Crippen LogP contribution is -2.38. The molecule has 0 bridgehead atoms. The predicted molar refractivity (Wildman–Crippen MR) is 109 cm³/mol. The molecule has 3 aromatic rings. The van der Waals surface area contributed by atoms with E-state index in [4.69, 9.17) is 0 Å². The number of hydrogen-bond acceptors (Lipinski definition) is 3. The topological polar surface area (TPSA) is 53.5 Å². The van der Waals surface area contributed by atoms with E-state index < -0.39 is 0 Å². The quantitative estimate of drug-likeness (QED) is 0.690. The van der Waals surface area contributed by atoms with E-state index >= 15 is 0 Å². The summed E-state index contributed by atoms with van der Waals surface area (Å²) in [5.74, 6) is 0.156. The molecule has 1 aliphatic heterocycles. The normalized spacial score (nSPS) is 16.5. The van der Waals surface area contributed by atoms with Crippen LogP contribution in [0.2, 0.25) is 0 Å². The van der Waals surface area contributed by atoms with Gasteiger partial charge in [0.05, 0.1) is 12.1 Å². The molecule has 5 heteroatoms.